The summed E-state index contributed by atoms with van der Waals surface area (Å²) in [5, 5.41) is 20.0. The number of hydrogen-bond acceptors (Lipinski definition) is 7. The molecule has 0 heterocycles. The Bertz CT molecular complexity index is 3320. The molecule has 0 radical (unpaired) electrons. The number of hydrogen-bond donors (Lipinski definition) is 4. The average molecular weight is 903 g/mol. The van der Waals surface area contributed by atoms with Gasteiger partial charge in [-0.2, -0.15) is 0 Å². The number of ether oxygens (including phenoxy) is 1. The summed E-state index contributed by atoms with van der Waals surface area (Å²) in [6.45, 7) is 1.71. The van der Waals surface area contributed by atoms with Gasteiger partial charge < -0.3 is 14.9 Å². The van der Waals surface area contributed by atoms with Crippen LogP contribution in [0, 0.1) is 30.6 Å². The molecule has 0 aliphatic heterocycles. The van der Waals surface area contributed by atoms with Crippen LogP contribution in [0.2, 0.25) is 0 Å². The van der Waals surface area contributed by atoms with Crippen LogP contribution < -0.4 is 14.2 Å². The van der Waals surface area contributed by atoms with Gasteiger partial charge in [-0.15, -0.1) is 0 Å². The van der Waals surface area contributed by atoms with Crippen molar-refractivity contribution in [2.45, 2.75) is 42.4 Å². The summed E-state index contributed by atoms with van der Waals surface area (Å²) < 4.78 is 63.5. The topological polar surface area (TPSA) is 176 Å². The van der Waals surface area contributed by atoms with Crippen molar-refractivity contribution in [3.63, 3.8) is 0 Å². The number of aromatic carboxylic acids is 2. The van der Waals surface area contributed by atoms with Crippen LogP contribution >= 0.6 is 0 Å². The minimum atomic E-state index is -3.84. The van der Waals surface area contributed by atoms with Crippen molar-refractivity contribution in [2.75, 3.05) is 16.6 Å². The molecule has 326 valence electrons. The minimum absolute atomic E-state index is 0.166. The lowest BCUT2D eigenvalue weighted by Crippen LogP contribution is -2.18. The van der Waals surface area contributed by atoms with E-state index in [1.165, 1.54) is 18.2 Å². The van der Waals surface area contributed by atoms with E-state index in [1.54, 1.807) is 117 Å². The van der Waals surface area contributed by atoms with E-state index in [0.717, 1.165) is 46.9 Å². The zero-order valence-corrected chi connectivity index (χ0v) is 36.9. The van der Waals surface area contributed by atoms with E-state index in [1.807, 2.05) is 24.3 Å². The number of rotatable bonds is 9. The molecule has 0 fully saturated rings. The van der Waals surface area contributed by atoms with Gasteiger partial charge in [0.15, 0.2) is 0 Å². The normalized spacial score (nSPS) is 11.8. The Kier molecular flexibility index (Phi) is 13.7. The standard InChI is InChI=1S/C26H23NO5S.C26H19NO4S/c1-32-24-16-17-25(22-8-4-3-7-21(22)24)33(30,31)27-23-9-5-2-6-19(23)13-10-18-11-14-20(15-12-18)26(28)29;1-18-16-19(11-15-24(18)26(28)29)10-12-21-7-4-5-9-25(21)27-32(30,31)23-14-13-20-6-2-3-8-22(20)17-23/h2,5-6,9,11-12,14-17,27H,3-4,7-8H2,1H3,(H,28,29);2-9,11,13-17,27H,1H3,(H,28,29). The second-order valence-electron chi connectivity index (χ2n) is 15.0. The predicted octanol–water partition coefficient (Wildman–Crippen LogP) is 9.52. The third kappa shape index (κ3) is 10.9. The van der Waals surface area contributed by atoms with Crippen LogP contribution in [0.25, 0.3) is 10.8 Å². The quantitative estimate of drug-likeness (QED) is 0.103. The van der Waals surface area contributed by atoms with E-state index < -0.39 is 32.0 Å². The van der Waals surface area contributed by atoms with Crippen LogP contribution in [0.1, 0.15) is 72.5 Å². The Labute approximate surface area is 377 Å². The SMILES string of the molecule is COc1ccc(S(=O)(=O)Nc2ccccc2C#Cc2ccc(C(=O)O)cc2)c2c1CCCC2.Cc1cc(C#Cc2ccccc2NS(=O)(=O)c2ccc3ccccc3c2)ccc1C(=O)O. The molecular formula is C52H42N2O9S2. The van der Waals surface area contributed by atoms with Gasteiger partial charge in [0.25, 0.3) is 20.0 Å². The highest BCUT2D eigenvalue weighted by molar-refractivity contribution is 7.93. The van der Waals surface area contributed by atoms with E-state index in [-0.39, 0.29) is 20.9 Å². The molecular weight excluding hydrogens is 861 g/mol. The number of nitrogens with one attached hydrogen (secondary N) is 2. The number of carbonyl (C=O) groups is 2. The monoisotopic (exact) mass is 902 g/mol. The first kappa shape index (κ1) is 45.2. The average Bonchev–Trinajstić information content (AvgIpc) is 3.30. The lowest BCUT2D eigenvalue weighted by Gasteiger charge is -2.22. The molecule has 0 amide bonds. The summed E-state index contributed by atoms with van der Waals surface area (Å²) >= 11 is 0. The highest BCUT2D eigenvalue weighted by Crippen LogP contribution is 2.35. The number of benzene rings is 7. The number of carboxylic acids is 2. The van der Waals surface area contributed by atoms with Crippen molar-refractivity contribution in [2.24, 2.45) is 0 Å². The second-order valence-corrected chi connectivity index (χ2v) is 18.3. The Morgan fingerprint density at radius 3 is 1.75 bits per heavy atom. The van der Waals surface area contributed by atoms with Crippen LogP contribution in [-0.4, -0.2) is 46.1 Å². The molecule has 13 heteroatoms. The molecule has 65 heavy (non-hydrogen) atoms. The van der Waals surface area contributed by atoms with Crippen molar-refractivity contribution < 1.29 is 41.4 Å². The molecule has 0 spiro atoms. The Balaban J connectivity index is 0.000000194. The van der Waals surface area contributed by atoms with Gasteiger partial charge in [-0.3, -0.25) is 9.44 Å². The summed E-state index contributed by atoms with van der Waals surface area (Å²) in [4.78, 5) is 22.6. The molecule has 8 rings (SSSR count). The minimum Gasteiger partial charge on any atom is -0.496 e. The Morgan fingerprint density at radius 2 is 1.14 bits per heavy atom. The molecule has 7 aromatic rings. The fourth-order valence-corrected chi connectivity index (χ4v) is 9.79. The molecule has 4 N–H and O–H groups in total. The molecule has 0 aromatic heterocycles. The van der Waals surface area contributed by atoms with Crippen LogP contribution in [0.3, 0.4) is 0 Å². The third-order valence-electron chi connectivity index (χ3n) is 10.6. The fraction of sp³-hybridized carbons (Fsp3) is 0.115. The first-order valence-electron chi connectivity index (χ1n) is 20.3. The van der Waals surface area contributed by atoms with Crippen molar-refractivity contribution in [3.05, 3.63) is 196 Å². The Morgan fingerprint density at radius 1 is 0.569 bits per heavy atom. The zero-order valence-electron chi connectivity index (χ0n) is 35.3. The summed E-state index contributed by atoms with van der Waals surface area (Å²) in [5.74, 6) is 10.6. The lowest BCUT2D eigenvalue weighted by molar-refractivity contribution is 0.0685. The van der Waals surface area contributed by atoms with Gasteiger partial charge in [0.05, 0.1) is 39.4 Å². The van der Waals surface area contributed by atoms with Gasteiger partial charge in [-0.1, -0.05) is 78.3 Å². The molecule has 0 saturated carbocycles. The second kappa shape index (κ2) is 19.7. The van der Waals surface area contributed by atoms with Crippen molar-refractivity contribution >= 4 is 54.1 Å². The predicted molar refractivity (Wildman–Crippen MR) is 252 cm³/mol. The number of fused-ring (bicyclic) bond motifs is 2. The van der Waals surface area contributed by atoms with Gasteiger partial charge in [0, 0.05) is 22.3 Å². The maximum absolute atomic E-state index is 13.3. The van der Waals surface area contributed by atoms with Gasteiger partial charge in [-0.05, 0) is 151 Å². The number of sulfonamides is 2. The summed E-state index contributed by atoms with van der Waals surface area (Å²) in [6.07, 6.45) is 3.43. The number of aryl methyl sites for hydroxylation is 1. The molecule has 7 aromatic carbocycles. The number of para-hydroxylation sites is 2. The van der Waals surface area contributed by atoms with Crippen molar-refractivity contribution in [1.29, 1.82) is 0 Å². The van der Waals surface area contributed by atoms with Crippen LogP contribution in [0.5, 0.6) is 5.75 Å². The molecule has 0 saturated heterocycles. The van der Waals surface area contributed by atoms with Crippen LogP contribution in [-0.2, 0) is 32.9 Å². The van der Waals surface area contributed by atoms with E-state index in [4.69, 9.17) is 14.9 Å². The maximum atomic E-state index is 13.3. The van der Waals surface area contributed by atoms with E-state index >= 15 is 0 Å². The summed E-state index contributed by atoms with van der Waals surface area (Å²) in [7, 11) is -6.06. The highest BCUT2D eigenvalue weighted by Gasteiger charge is 2.26. The van der Waals surface area contributed by atoms with Crippen molar-refractivity contribution in [1.82, 2.24) is 0 Å². The molecule has 11 nitrogen and oxygen atoms in total. The van der Waals surface area contributed by atoms with Crippen LogP contribution in [0.15, 0.2) is 155 Å². The van der Waals surface area contributed by atoms with Gasteiger partial charge in [0.2, 0.25) is 0 Å². The van der Waals surface area contributed by atoms with E-state index in [0.29, 0.717) is 45.6 Å². The molecule has 0 atom stereocenters. The molecule has 1 aliphatic rings. The maximum Gasteiger partial charge on any atom is 0.335 e. The summed E-state index contributed by atoms with van der Waals surface area (Å²) in [5.41, 5.74) is 5.83. The number of carboxylic acid groups (broad SMARTS) is 2. The molecule has 0 bridgehead atoms. The van der Waals surface area contributed by atoms with E-state index in [9.17, 15) is 26.4 Å². The first-order valence-corrected chi connectivity index (χ1v) is 23.3. The third-order valence-corrected chi connectivity index (χ3v) is 13.4. The molecule has 1 aliphatic carbocycles. The largest absolute Gasteiger partial charge is 0.496 e. The smallest absolute Gasteiger partial charge is 0.335 e. The Hall–Kier alpha value is -7.84. The van der Waals surface area contributed by atoms with E-state index in [2.05, 4.69) is 33.1 Å². The van der Waals surface area contributed by atoms with Gasteiger partial charge >= 0.3 is 11.9 Å². The number of methoxy groups -OCH3 is 1. The fourth-order valence-electron chi connectivity index (χ4n) is 7.30. The van der Waals surface area contributed by atoms with Gasteiger partial charge in [0.1, 0.15) is 5.75 Å². The molecule has 0 unspecified atom stereocenters. The highest BCUT2D eigenvalue weighted by atomic mass is 32.2. The zero-order chi connectivity index (χ0) is 46.1. The number of anilines is 2. The first-order chi connectivity index (χ1) is 31.2. The van der Waals surface area contributed by atoms with Gasteiger partial charge in [-0.25, -0.2) is 26.4 Å². The summed E-state index contributed by atoms with van der Waals surface area (Å²) in [6, 6.07) is 40.7. The van der Waals surface area contributed by atoms with Crippen LogP contribution in [0.4, 0.5) is 11.4 Å². The van der Waals surface area contributed by atoms with Crippen molar-refractivity contribution in [3.8, 4) is 29.4 Å². The lowest BCUT2D eigenvalue weighted by atomic mass is 9.91.